The van der Waals surface area contributed by atoms with Crippen LogP contribution >= 0.6 is 11.6 Å². The van der Waals surface area contributed by atoms with E-state index in [4.69, 9.17) is 16.0 Å². The molecule has 2 heterocycles. The molecule has 0 radical (unpaired) electrons. The predicted molar refractivity (Wildman–Crippen MR) is 102 cm³/mol. The Morgan fingerprint density at radius 2 is 1.82 bits per heavy atom. The van der Waals surface area contributed by atoms with Crippen molar-refractivity contribution in [1.82, 2.24) is 0 Å². The van der Waals surface area contributed by atoms with Crippen molar-refractivity contribution in [2.24, 2.45) is 0 Å². The Bertz CT molecular complexity index is 1100. The van der Waals surface area contributed by atoms with E-state index in [9.17, 15) is 19.8 Å². The summed E-state index contributed by atoms with van der Waals surface area (Å²) in [7, 11) is 0. The molecule has 0 fully saturated rings. The molecule has 2 aromatic carbocycles. The first kappa shape index (κ1) is 17.9. The highest BCUT2D eigenvalue weighted by Crippen LogP contribution is 2.42. The lowest BCUT2D eigenvalue weighted by atomic mass is 9.94. The molecular formula is C21H14ClNO5. The van der Waals surface area contributed by atoms with Crippen molar-refractivity contribution < 1.29 is 24.2 Å². The number of anilines is 1. The molecule has 1 aromatic heterocycles. The molecule has 0 aliphatic carbocycles. The fourth-order valence-corrected chi connectivity index (χ4v) is 3.46. The number of furan rings is 1. The van der Waals surface area contributed by atoms with Gasteiger partial charge in [0.2, 0.25) is 5.78 Å². The predicted octanol–water partition coefficient (Wildman–Crippen LogP) is 4.42. The smallest absolute Gasteiger partial charge is 0.294 e. The maximum absolute atomic E-state index is 13.0. The molecule has 1 aliphatic rings. The zero-order chi connectivity index (χ0) is 19.8. The van der Waals surface area contributed by atoms with Gasteiger partial charge in [-0.15, -0.1) is 0 Å². The molecule has 28 heavy (non-hydrogen) atoms. The number of hydrogen-bond acceptors (Lipinski definition) is 5. The highest BCUT2D eigenvalue weighted by molar-refractivity contribution is 6.31. The monoisotopic (exact) mass is 395 g/mol. The number of Topliss-reactive ketones (excluding diaryl/α,β-unsaturated/α-hetero) is 1. The van der Waals surface area contributed by atoms with Gasteiger partial charge in [0.05, 0.1) is 17.9 Å². The van der Waals surface area contributed by atoms with E-state index in [-0.39, 0.29) is 17.1 Å². The van der Waals surface area contributed by atoms with Gasteiger partial charge in [0.15, 0.2) is 11.5 Å². The van der Waals surface area contributed by atoms with Crippen LogP contribution in [0.3, 0.4) is 0 Å². The lowest BCUT2D eigenvalue weighted by Gasteiger charge is -2.27. The van der Waals surface area contributed by atoms with Crippen molar-refractivity contribution in [3.8, 4) is 5.75 Å². The molecule has 0 saturated heterocycles. The van der Waals surface area contributed by atoms with Gasteiger partial charge < -0.3 is 14.6 Å². The molecule has 0 spiro atoms. The summed E-state index contributed by atoms with van der Waals surface area (Å²) in [5, 5.41) is 20.9. The van der Waals surface area contributed by atoms with Crippen LogP contribution in [-0.4, -0.2) is 21.9 Å². The van der Waals surface area contributed by atoms with Crippen LogP contribution in [0, 0.1) is 0 Å². The number of aliphatic hydroxyl groups is 1. The van der Waals surface area contributed by atoms with E-state index in [1.54, 1.807) is 42.5 Å². The molecule has 0 saturated carbocycles. The summed E-state index contributed by atoms with van der Waals surface area (Å²) in [6, 6.07) is 14.7. The zero-order valence-corrected chi connectivity index (χ0v) is 15.1. The van der Waals surface area contributed by atoms with Crippen molar-refractivity contribution in [2.75, 3.05) is 4.90 Å². The lowest BCUT2D eigenvalue weighted by Crippen LogP contribution is -2.31. The Kier molecular flexibility index (Phi) is 4.41. The first-order valence-corrected chi connectivity index (χ1v) is 8.74. The van der Waals surface area contributed by atoms with Crippen LogP contribution < -0.4 is 4.90 Å². The summed E-state index contributed by atoms with van der Waals surface area (Å²) in [5.41, 5.74) is 0.720. The van der Waals surface area contributed by atoms with E-state index in [0.29, 0.717) is 16.3 Å². The van der Waals surface area contributed by atoms with Gasteiger partial charge in [0.25, 0.3) is 5.91 Å². The topological polar surface area (TPSA) is 91.0 Å². The molecule has 140 valence electrons. The van der Waals surface area contributed by atoms with E-state index >= 15 is 0 Å². The van der Waals surface area contributed by atoms with Crippen LogP contribution in [0.1, 0.15) is 22.2 Å². The van der Waals surface area contributed by atoms with Crippen molar-refractivity contribution in [2.45, 2.75) is 6.04 Å². The minimum absolute atomic E-state index is 0.00699. The maximum Gasteiger partial charge on any atom is 0.294 e. The Hall–Kier alpha value is -3.51. The summed E-state index contributed by atoms with van der Waals surface area (Å²) in [6.07, 6.45) is 1.33. The number of aromatic hydroxyl groups is 1. The molecule has 4 rings (SSSR count). The number of halogens is 1. The van der Waals surface area contributed by atoms with Crippen LogP contribution in [0.2, 0.25) is 5.02 Å². The van der Waals surface area contributed by atoms with E-state index in [1.807, 2.05) is 0 Å². The van der Waals surface area contributed by atoms with Gasteiger partial charge in [-0.1, -0.05) is 29.8 Å². The summed E-state index contributed by atoms with van der Waals surface area (Å²) in [6.45, 7) is 0. The first-order valence-electron chi connectivity index (χ1n) is 8.37. The van der Waals surface area contributed by atoms with E-state index < -0.39 is 23.5 Å². The Morgan fingerprint density at radius 3 is 2.50 bits per heavy atom. The van der Waals surface area contributed by atoms with Crippen molar-refractivity contribution in [1.29, 1.82) is 0 Å². The van der Waals surface area contributed by atoms with Crippen LogP contribution in [0.15, 0.2) is 82.7 Å². The number of carbonyl (C=O) groups is 2. The second-order valence-corrected chi connectivity index (χ2v) is 6.66. The van der Waals surface area contributed by atoms with Crippen LogP contribution in [0.5, 0.6) is 5.75 Å². The molecule has 1 atom stereocenters. The second kappa shape index (κ2) is 6.90. The Morgan fingerprint density at radius 1 is 1.04 bits per heavy atom. The lowest BCUT2D eigenvalue weighted by molar-refractivity contribution is -0.117. The maximum atomic E-state index is 13.0. The Balaban J connectivity index is 1.91. The molecule has 2 N–H and O–H groups in total. The molecule has 7 heteroatoms. The highest BCUT2D eigenvalue weighted by Gasteiger charge is 2.45. The van der Waals surface area contributed by atoms with Gasteiger partial charge in [-0.25, -0.2) is 0 Å². The van der Waals surface area contributed by atoms with E-state index in [2.05, 4.69) is 0 Å². The van der Waals surface area contributed by atoms with Gasteiger partial charge in [0.1, 0.15) is 5.75 Å². The minimum Gasteiger partial charge on any atom is -0.508 e. The number of carbonyl (C=O) groups excluding carboxylic acids is 2. The number of phenols is 1. The third-order valence-corrected chi connectivity index (χ3v) is 4.71. The van der Waals surface area contributed by atoms with Gasteiger partial charge in [0, 0.05) is 10.7 Å². The molecular weight excluding hydrogens is 382 g/mol. The van der Waals surface area contributed by atoms with Crippen molar-refractivity contribution in [3.63, 3.8) is 0 Å². The summed E-state index contributed by atoms with van der Waals surface area (Å²) < 4.78 is 5.16. The summed E-state index contributed by atoms with van der Waals surface area (Å²) in [4.78, 5) is 27.2. The van der Waals surface area contributed by atoms with Gasteiger partial charge in [-0.3, -0.25) is 14.5 Å². The van der Waals surface area contributed by atoms with E-state index in [0.717, 1.165) is 0 Å². The average Bonchev–Trinajstić information content (AvgIpc) is 3.29. The van der Waals surface area contributed by atoms with Crippen LogP contribution in [-0.2, 0) is 4.79 Å². The molecule has 3 aromatic rings. The molecule has 1 amide bonds. The largest absolute Gasteiger partial charge is 0.508 e. The number of phenolic OH excluding ortho intramolecular Hbond substituents is 1. The first-order chi connectivity index (χ1) is 13.5. The quantitative estimate of drug-likeness (QED) is 0.638. The van der Waals surface area contributed by atoms with Crippen molar-refractivity contribution in [3.05, 3.63) is 94.6 Å². The number of aliphatic hydroxyl groups excluding tert-OH is 1. The number of benzene rings is 2. The Labute approximate surface area is 164 Å². The highest BCUT2D eigenvalue weighted by atomic mass is 35.5. The normalized spacial score (nSPS) is 16.7. The number of hydrogen-bond donors (Lipinski definition) is 2. The minimum atomic E-state index is -0.962. The summed E-state index contributed by atoms with van der Waals surface area (Å²) in [5.74, 6) is -2.08. The fraction of sp³-hybridized carbons (Fsp3) is 0.0476. The molecule has 6 nitrogen and oxygen atoms in total. The third kappa shape index (κ3) is 2.93. The molecule has 1 aliphatic heterocycles. The van der Waals surface area contributed by atoms with Gasteiger partial charge in [-0.2, -0.15) is 0 Å². The van der Waals surface area contributed by atoms with Crippen LogP contribution in [0.25, 0.3) is 0 Å². The van der Waals surface area contributed by atoms with Crippen LogP contribution in [0.4, 0.5) is 5.69 Å². The SMILES string of the molecule is O=C(C1=C(O)C(=O)N(c2cccc(Cl)c2)C1c1cccc(O)c1)c1ccco1. The van der Waals surface area contributed by atoms with E-state index in [1.165, 1.54) is 29.4 Å². The summed E-state index contributed by atoms with van der Waals surface area (Å²) >= 11 is 6.07. The van der Waals surface area contributed by atoms with Gasteiger partial charge in [-0.05, 0) is 48.0 Å². The van der Waals surface area contributed by atoms with Crippen molar-refractivity contribution >= 4 is 29.0 Å². The van der Waals surface area contributed by atoms with Gasteiger partial charge >= 0.3 is 0 Å². The molecule has 1 unspecified atom stereocenters. The second-order valence-electron chi connectivity index (χ2n) is 6.22. The standard InChI is InChI=1S/C21H14ClNO5/c22-13-5-2-6-14(11-13)23-18(12-4-1-7-15(24)10-12)17(20(26)21(23)27)19(25)16-8-3-9-28-16/h1-11,18,24,26H. The fourth-order valence-electron chi connectivity index (χ4n) is 3.28. The average molecular weight is 396 g/mol. The zero-order valence-electron chi connectivity index (χ0n) is 14.4. The number of ketones is 1. The number of amides is 1. The number of nitrogens with zero attached hydrogens (tertiary/aromatic N) is 1. The molecule has 0 bridgehead atoms. The number of rotatable bonds is 4. The third-order valence-electron chi connectivity index (χ3n) is 4.47.